The number of nitrogens with zero attached hydrogens (tertiary/aromatic N) is 1. The lowest BCUT2D eigenvalue weighted by Crippen LogP contribution is -2.10. The Hall–Kier alpha value is -1.43. The van der Waals surface area contributed by atoms with Crippen LogP contribution in [0.4, 0.5) is 5.69 Å². The average Bonchev–Trinajstić information content (AvgIpc) is 2.96. The van der Waals surface area contributed by atoms with E-state index in [0.29, 0.717) is 11.6 Å². The molecule has 0 aliphatic rings. The lowest BCUT2D eigenvalue weighted by molar-refractivity contribution is -0.116. The molecule has 0 aliphatic carbocycles. The van der Waals surface area contributed by atoms with E-state index in [1.807, 2.05) is 25.3 Å². The second kappa shape index (κ2) is 9.66. The van der Waals surface area contributed by atoms with Crippen molar-refractivity contribution >= 4 is 41.4 Å². The lowest BCUT2D eigenvalue weighted by atomic mass is 10.1. The molecule has 0 saturated carbocycles. The normalized spacial score (nSPS) is 11.0. The van der Waals surface area contributed by atoms with Crippen LogP contribution in [-0.2, 0) is 4.79 Å². The maximum atomic E-state index is 12.0. The molecule has 0 atom stereocenters. The van der Waals surface area contributed by atoms with Crippen molar-refractivity contribution in [1.29, 1.82) is 0 Å². The van der Waals surface area contributed by atoms with Gasteiger partial charge in [0, 0.05) is 12.1 Å². The van der Waals surface area contributed by atoms with E-state index in [1.54, 1.807) is 0 Å². The van der Waals surface area contributed by atoms with Gasteiger partial charge in [-0.15, -0.1) is 11.6 Å². The Balaban J connectivity index is 1.72. The number of hydrogen-bond donors (Lipinski definition) is 1. The second-order valence-electron chi connectivity index (χ2n) is 5.79. The number of aromatic nitrogens is 1. The lowest BCUT2D eigenvalue weighted by Gasteiger charge is -2.05. The van der Waals surface area contributed by atoms with Gasteiger partial charge < -0.3 is 9.73 Å². The van der Waals surface area contributed by atoms with Crippen LogP contribution in [0.25, 0.3) is 11.1 Å². The monoisotopic (exact) mass is 332 g/mol. The minimum Gasteiger partial charge on any atom is -0.432 e. The number of anilines is 1. The van der Waals surface area contributed by atoms with Crippen LogP contribution in [0.5, 0.6) is 0 Å². The van der Waals surface area contributed by atoms with E-state index in [4.69, 9.17) is 4.42 Å². The molecular weight excluding hydrogens is 307 g/mol. The van der Waals surface area contributed by atoms with Gasteiger partial charge in [-0.1, -0.05) is 45.4 Å². The van der Waals surface area contributed by atoms with Crippen molar-refractivity contribution in [2.24, 2.45) is 0 Å². The maximum Gasteiger partial charge on any atom is 0.245 e. The van der Waals surface area contributed by atoms with Gasteiger partial charge in [0.25, 0.3) is 0 Å². The molecule has 1 amide bonds. The summed E-state index contributed by atoms with van der Waals surface area (Å²) in [6.07, 6.45) is 9.11. The van der Waals surface area contributed by atoms with Crippen LogP contribution in [0.15, 0.2) is 27.8 Å². The number of hydrogen-bond acceptors (Lipinski definition) is 4. The van der Waals surface area contributed by atoms with E-state index < -0.39 is 0 Å². The summed E-state index contributed by atoms with van der Waals surface area (Å²) in [5, 5.41) is 3.59. The number of amides is 1. The van der Waals surface area contributed by atoms with E-state index in [9.17, 15) is 4.79 Å². The molecule has 1 heterocycles. The fraction of sp³-hybridized carbons (Fsp3) is 0.529. The standard InChI is InChI=1S/C17H25BN2O2S/c1-2-3-4-5-6-7-8-9-16(21)19-13-10-11-15-14(12-13)20-17(22-15)23-18/h10-12H,2-9,18H2,1H3,(H,19,21). The van der Waals surface area contributed by atoms with Gasteiger partial charge in [0.2, 0.25) is 11.1 Å². The fourth-order valence-electron chi connectivity index (χ4n) is 2.54. The van der Waals surface area contributed by atoms with Crippen molar-refractivity contribution in [2.45, 2.75) is 63.5 Å². The summed E-state index contributed by atoms with van der Waals surface area (Å²) in [5.74, 6) is 0.0755. The summed E-state index contributed by atoms with van der Waals surface area (Å²) in [6.45, 7) is 2.22. The third kappa shape index (κ3) is 5.94. The number of carbonyl (C=O) groups is 1. The molecule has 4 nitrogen and oxygen atoms in total. The molecular formula is C17H25BN2O2S. The average molecular weight is 332 g/mol. The first kappa shape index (κ1) is 17.9. The first-order valence-corrected chi connectivity index (χ1v) is 9.70. The Morgan fingerprint density at radius 1 is 1.22 bits per heavy atom. The van der Waals surface area contributed by atoms with E-state index in [0.717, 1.165) is 29.6 Å². The zero-order valence-electron chi connectivity index (χ0n) is 14.1. The topological polar surface area (TPSA) is 55.1 Å². The molecule has 6 heteroatoms. The van der Waals surface area contributed by atoms with Crippen molar-refractivity contribution in [3.05, 3.63) is 18.2 Å². The Bertz CT molecular complexity index is 630. The SMILES string of the molecule is BSc1nc2cc(NC(=O)CCCCCCCCC)ccc2o1. The molecule has 0 spiro atoms. The van der Waals surface area contributed by atoms with Crippen LogP contribution in [-0.4, -0.2) is 18.0 Å². The van der Waals surface area contributed by atoms with Crippen LogP contribution in [0, 0.1) is 0 Å². The summed E-state index contributed by atoms with van der Waals surface area (Å²) < 4.78 is 5.54. The summed E-state index contributed by atoms with van der Waals surface area (Å²) in [7, 11) is 1.93. The first-order chi connectivity index (χ1) is 11.2. The van der Waals surface area contributed by atoms with Gasteiger partial charge in [-0.05, 0) is 24.6 Å². The summed E-state index contributed by atoms with van der Waals surface area (Å²) >= 11 is 1.47. The Morgan fingerprint density at radius 3 is 2.70 bits per heavy atom. The van der Waals surface area contributed by atoms with Crippen LogP contribution in [0.3, 0.4) is 0 Å². The third-order valence-electron chi connectivity index (χ3n) is 3.83. The molecule has 0 aliphatic heterocycles. The molecule has 1 aromatic heterocycles. The van der Waals surface area contributed by atoms with Gasteiger partial charge in [0.15, 0.2) is 12.7 Å². The molecule has 23 heavy (non-hydrogen) atoms. The first-order valence-electron chi connectivity index (χ1n) is 8.47. The molecule has 2 rings (SSSR count). The van der Waals surface area contributed by atoms with Crippen LogP contribution >= 0.6 is 11.6 Å². The number of nitrogens with one attached hydrogen (secondary N) is 1. The van der Waals surface area contributed by atoms with E-state index in [2.05, 4.69) is 17.2 Å². The molecule has 0 unspecified atom stereocenters. The van der Waals surface area contributed by atoms with Crippen molar-refractivity contribution in [3.63, 3.8) is 0 Å². The smallest absolute Gasteiger partial charge is 0.245 e. The molecule has 1 N–H and O–H groups in total. The largest absolute Gasteiger partial charge is 0.432 e. The van der Waals surface area contributed by atoms with Crippen LogP contribution in [0.2, 0.25) is 0 Å². The van der Waals surface area contributed by atoms with Crippen molar-refractivity contribution in [3.8, 4) is 0 Å². The van der Waals surface area contributed by atoms with Crippen molar-refractivity contribution in [1.82, 2.24) is 4.98 Å². The number of fused-ring (bicyclic) bond motifs is 1. The predicted octanol–water partition coefficient (Wildman–Crippen LogP) is 4.55. The summed E-state index contributed by atoms with van der Waals surface area (Å²) in [6, 6.07) is 5.58. The van der Waals surface area contributed by atoms with Gasteiger partial charge in [-0.3, -0.25) is 4.79 Å². The predicted molar refractivity (Wildman–Crippen MR) is 99.6 cm³/mol. The highest BCUT2D eigenvalue weighted by Crippen LogP contribution is 2.24. The van der Waals surface area contributed by atoms with E-state index in [-0.39, 0.29) is 5.91 Å². The van der Waals surface area contributed by atoms with Crippen molar-refractivity contribution in [2.75, 3.05) is 5.32 Å². The fourth-order valence-corrected chi connectivity index (χ4v) is 2.90. The number of unbranched alkanes of at least 4 members (excludes halogenated alkanes) is 6. The Labute approximate surface area is 143 Å². The number of carbonyl (C=O) groups excluding carboxylic acids is 1. The zero-order valence-corrected chi connectivity index (χ0v) is 14.9. The maximum absolute atomic E-state index is 12.0. The molecule has 2 aromatic rings. The van der Waals surface area contributed by atoms with Crippen LogP contribution < -0.4 is 5.32 Å². The second-order valence-corrected chi connectivity index (χ2v) is 6.54. The highest BCUT2D eigenvalue weighted by atomic mass is 32.2. The third-order valence-corrected chi connectivity index (χ3v) is 4.36. The molecule has 1 aromatic carbocycles. The number of rotatable bonds is 10. The number of benzene rings is 1. The minimum absolute atomic E-state index is 0.0755. The van der Waals surface area contributed by atoms with E-state index in [1.165, 1.54) is 43.7 Å². The van der Waals surface area contributed by atoms with Gasteiger partial charge in [-0.25, -0.2) is 4.98 Å². The highest BCUT2D eigenvalue weighted by Gasteiger charge is 2.07. The summed E-state index contributed by atoms with van der Waals surface area (Å²) in [4.78, 5) is 16.3. The molecule has 124 valence electrons. The zero-order chi connectivity index (χ0) is 16.5. The van der Waals surface area contributed by atoms with E-state index >= 15 is 0 Å². The van der Waals surface area contributed by atoms with Gasteiger partial charge in [0.05, 0.1) is 0 Å². The Kier molecular flexibility index (Phi) is 7.52. The van der Waals surface area contributed by atoms with Gasteiger partial charge in [0.1, 0.15) is 5.52 Å². The molecule has 0 saturated heterocycles. The quantitative estimate of drug-likeness (QED) is 0.512. The van der Waals surface area contributed by atoms with Crippen molar-refractivity contribution < 1.29 is 9.21 Å². The highest BCUT2D eigenvalue weighted by molar-refractivity contribution is 8.19. The van der Waals surface area contributed by atoms with Gasteiger partial charge >= 0.3 is 0 Å². The minimum atomic E-state index is 0.0755. The number of oxazole rings is 1. The summed E-state index contributed by atoms with van der Waals surface area (Å²) in [5.41, 5.74) is 2.31. The van der Waals surface area contributed by atoms with Crippen LogP contribution in [0.1, 0.15) is 58.3 Å². The van der Waals surface area contributed by atoms with Gasteiger partial charge in [-0.2, -0.15) is 0 Å². The molecule has 0 bridgehead atoms. The Morgan fingerprint density at radius 2 is 1.96 bits per heavy atom. The molecule has 0 radical (unpaired) electrons. The molecule has 0 fully saturated rings.